The average Bonchev–Trinajstić information content (AvgIpc) is 2.98. The number of rotatable bonds is 13. The van der Waals surface area contributed by atoms with E-state index in [2.05, 4.69) is 64.5 Å². The molecule has 7 unspecified atom stereocenters. The van der Waals surface area contributed by atoms with Gasteiger partial charge in [-0.3, -0.25) is 9.79 Å². The Kier molecular flexibility index (Phi) is 16.7. The number of ether oxygens (including phenoxy) is 1. The Morgan fingerprint density at radius 2 is 1.86 bits per heavy atom. The van der Waals surface area contributed by atoms with Gasteiger partial charge in [0, 0.05) is 19.4 Å². The standard InChI is InChI=1S/C37H64N2O2.C2H6/c1-8-10-11-12-14-29(4)30-17-19-34-32-18-16-28(3)25-31(41-35(40)15-13-24-39-27-38-9-2)20-22-36(5,6)33(32)21-23-37(34,7)26-30;1-2/h9,16,27,29-34H,2,8,10-15,17-26H2,1,3-7H3,(H,38,39);1-2H3/b28-16+;. The van der Waals surface area contributed by atoms with Gasteiger partial charge in [-0.2, -0.15) is 0 Å². The third-order valence-corrected chi connectivity index (χ3v) is 11.5. The Bertz CT molecular complexity index is 876. The summed E-state index contributed by atoms with van der Waals surface area (Å²) in [6.07, 6.45) is 25.1. The molecule has 3 aliphatic rings. The molecule has 2 saturated carbocycles. The van der Waals surface area contributed by atoms with E-state index in [4.69, 9.17) is 4.74 Å². The summed E-state index contributed by atoms with van der Waals surface area (Å²) in [4.78, 5) is 16.9. The number of allylic oxidation sites excluding steroid dienone is 1. The van der Waals surface area contributed by atoms with Crippen LogP contribution in [0.2, 0.25) is 0 Å². The van der Waals surface area contributed by atoms with Gasteiger partial charge in [0.1, 0.15) is 6.10 Å². The highest BCUT2D eigenvalue weighted by Crippen LogP contribution is 2.61. The number of carbonyl (C=O) groups excluding carboxylic acids is 1. The van der Waals surface area contributed by atoms with Gasteiger partial charge >= 0.3 is 5.97 Å². The van der Waals surface area contributed by atoms with Crippen molar-refractivity contribution in [3.63, 3.8) is 0 Å². The topological polar surface area (TPSA) is 50.7 Å². The number of hydrogen-bond acceptors (Lipinski definition) is 3. The Morgan fingerprint density at radius 3 is 2.58 bits per heavy atom. The lowest BCUT2D eigenvalue weighted by atomic mass is 9.47. The highest BCUT2D eigenvalue weighted by Gasteiger charge is 2.52. The molecular formula is C39H70N2O2. The molecule has 0 radical (unpaired) electrons. The van der Waals surface area contributed by atoms with Gasteiger partial charge in [-0.15, -0.1) is 0 Å². The quantitative estimate of drug-likeness (QED) is 0.0754. The summed E-state index contributed by atoms with van der Waals surface area (Å²) in [6.45, 7) is 23.1. The molecule has 4 nitrogen and oxygen atoms in total. The lowest BCUT2D eigenvalue weighted by Gasteiger charge is -2.58. The maximum atomic E-state index is 12.7. The van der Waals surface area contributed by atoms with Crippen molar-refractivity contribution in [3.05, 3.63) is 24.4 Å². The maximum absolute atomic E-state index is 12.7. The normalized spacial score (nSPS) is 32.6. The molecule has 248 valence electrons. The van der Waals surface area contributed by atoms with E-state index >= 15 is 0 Å². The zero-order valence-electron chi connectivity index (χ0n) is 29.7. The van der Waals surface area contributed by atoms with Gasteiger partial charge in [-0.05, 0) is 111 Å². The fourth-order valence-corrected chi connectivity index (χ4v) is 8.94. The second-order valence-corrected chi connectivity index (χ2v) is 15.1. The summed E-state index contributed by atoms with van der Waals surface area (Å²) in [5, 5.41) is 2.84. The molecular weight excluding hydrogens is 528 g/mol. The third-order valence-electron chi connectivity index (χ3n) is 11.5. The Morgan fingerprint density at radius 1 is 1.09 bits per heavy atom. The van der Waals surface area contributed by atoms with Gasteiger partial charge in [-0.25, -0.2) is 0 Å². The summed E-state index contributed by atoms with van der Waals surface area (Å²) in [5.74, 6) is 4.12. The number of unbranched alkanes of at least 4 members (excludes halogenated alkanes) is 3. The van der Waals surface area contributed by atoms with E-state index in [-0.39, 0.29) is 17.5 Å². The van der Waals surface area contributed by atoms with Crippen molar-refractivity contribution in [2.75, 3.05) is 6.54 Å². The highest BCUT2D eigenvalue weighted by molar-refractivity contribution is 5.69. The van der Waals surface area contributed by atoms with Crippen LogP contribution in [-0.4, -0.2) is 25.0 Å². The van der Waals surface area contributed by atoms with Crippen LogP contribution in [0.4, 0.5) is 0 Å². The molecule has 0 aromatic carbocycles. The molecule has 0 bridgehead atoms. The van der Waals surface area contributed by atoms with E-state index in [1.54, 1.807) is 12.5 Å². The highest BCUT2D eigenvalue weighted by atomic mass is 16.5. The van der Waals surface area contributed by atoms with E-state index < -0.39 is 0 Å². The number of fused-ring (bicyclic) bond motifs is 3. The number of nitrogens with one attached hydrogen (secondary N) is 1. The van der Waals surface area contributed by atoms with Crippen LogP contribution in [0.25, 0.3) is 0 Å². The summed E-state index contributed by atoms with van der Waals surface area (Å²) in [6, 6.07) is 0. The van der Waals surface area contributed by atoms with Gasteiger partial charge < -0.3 is 10.1 Å². The van der Waals surface area contributed by atoms with Crippen molar-refractivity contribution in [1.29, 1.82) is 0 Å². The molecule has 0 aromatic rings. The van der Waals surface area contributed by atoms with Crippen LogP contribution in [0, 0.1) is 40.4 Å². The summed E-state index contributed by atoms with van der Waals surface area (Å²) in [7, 11) is 0. The van der Waals surface area contributed by atoms with Crippen LogP contribution in [0.15, 0.2) is 29.4 Å². The smallest absolute Gasteiger partial charge is 0.306 e. The second kappa shape index (κ2) is 19.1. The van der Waals surface area contributed by atoms with Crippen LogP contribution in [-0.2, 0) is 9.53 Å². The zero-order chi connectivity index (χ0) is 31.9. The molecule has 0 aromatic heterocycles. The number of aliphatic imine (C=N–C) groups is 1. The van der Waals surface area contributed by atoms with Crippen molar-refractivity contribution in [2.45, 2.75) is 164 Å². The number of carbonyl (C=O) groups is 1. The number of esters is 1. The first kappa shape index (κ1) is 37.6. The lowest BCUT2D eigenvalue weighted by molar-refractivity contribution is -0.150. The van der Waals surface area contributed by atoms with Crippen LogP contribution in [0.3, 0.4) is 0 Å². The van der Waals surface area contributed by atoms with Crippen LogP contribution in [0.5, 0.6) is 0 Å². The molecule has 3 aliphatic carbocycles. The second-order valence-electron chi connectivity index (χ2n) is 15.1. The fraction of sp³-hybridized carbons (Fsp3) is 0.846. The van der Waals surface area contributed by atoms with E-state index in [1.807, 2.05) is 13.8 Å². The van der Waals surface area contributed by atoms with Crippen molar-refractivity contribution >= 4 is 12.3 Å². The SMILES string of the molecule is C=CNC=NCCCC(=O)OC1CCC(C)(C)C2CCC3(C)CC(C(C)CCCCCC)CCC3C2C/C=C(\C)C1.CC. The molecule has 43 heavy (non-hydrogen) atoms. The number of hydrogen-bond donors (Lipinski definition) is 1. The minimum absolute atomic E-state index is 0.0105. The van der Waals surface area contributed by atoms with Crippen molar-refractivity contribution < 1.29 is 9.53 Å². The molecule has 0 saturated heterocycles. The zero-order valence-corrected chi connectivity index (χ0v) is 29.7. The molecule has 1 N–H and O–H groups in total. The lowest BCUT2D eigenvalue weighted by Crippen LogP contribution is -2.49. The molecule has 0 aliphatic heterocycles. The summed E-state index contributed by atoms with van der Waals surface area (Å²) in [5.41, 5.74) is 2.18. The Balaban J connectivity index is 0.00000316. The number of nitrogens with zero attached hydrogens (tertiary/aromatic N) is 1. The molecule has 0 amide bonds. The molecule has 3 rings (SSSR count). The van der Waals surface area contributed by atoms with E-state index in [0.717, 1.165) is 48.9 Å². The first-order valence-corrected chi connectivity index (χ1v) is 18.3. The maximum Gasteiger partial charge on any atom is 0.306 e. The molecule has 0 heterocycles. The molecule has 0 spiro atoms. The minimum Gasteiger partial charge on any atom is -0.462 e. The van der Waals surface area contributed by atoms with E-state index in [0.29, 0.717) is 24.8 Å². The Labute approximate surface area is 267 Å². The van der Waals surface area contributed by atoms with Gasteiger partial charge in [0.15, 0.2) is 0 Å². The predicted molar refractivity (Wildman–Crippen MR) is 186 cm³/mol. The van der Waals surface area contributed by atoms with Crippen LogP contribution in [0.1, 0.15) is 158 Å². The summed E-state index contributed by atoms with van der Waals surface area (Å²) >= 11 is 0. The third kappa shape index (κ3) is 11.7. The monoisotopic (exact) mass is 599 g/mol. The first-order chi connectivity index (χ1) is 20.6. The van der Waals surface area contributed by atoms with Gasteiger partial charge in [-0.1, -0.05) is 98.8 Å². The van der Waals surface area contributed by atoms with Crippen LogP contribution < -0.4 is 5.32 Å². The summed E-state index contributed by atoms with van der Waals surface area (Å²) < 4.78 is 6.06. The fourth-order valence-electron chi connectivity index (χ4n) is 8.94. The van der Waals surface area contributed by atoms with E-state index in [1.165, 1.54) is 76.2 Å². The predicted octanol–water partition coefficient (Wildman–Crippen LogP) is 11.1. The molecule has 2 fully saturated rings. The van der Waals surface area contributed by atoms with Gasteiger partial charge in [0.05, 0.1) is 6.34 Å². The largest absolute Gasteiger partial charge is 0.462 e. The van der Waals surface area contributed by atoms with Crippen molar-refractivity contribution in [1.82, 2.24) is 5.32 Å². The first-order valence-electron chi connectivity index (χ1n) is 18.3. The Hall–Kier alpha value is -1.58. The van der Waals surface area contributed by atoms with Crippen molar-refractivity contribution in [2.24, 2.45) is 45.4 Å². The van der Waals surface area contributed by atoms with Gasteiger partial charge in [0.2, 0.25) is 0 Å². The van der Waals surface area contributed by atoms with Crippen molar-refractivity contribution in [3.8, 4) is 0 Å². The molecule has 7 atom stereocenters. The minimum atomic E-state index is -0.0767. The molecule has 4 heteroatoms. The van der Waals surface area contributed by atoms with Crippen LogP contribution >= 0.6 is 0 Å². The van der Waals surface area contributed by atoms with Gasteiger partial charge in [0.25, 0.3) is 0 Å². The average molecular weight is 599 g/mol. The van der Waals surface area contributed by atoms with E-state index in [9.17, 15) is 4.79 Å².